The Morgan fingerprint density at radius 2 is 2.04 bits per heavy atom. The van der Waals surface area contributed by atoms with Crippen LogP contribution in [-0.2, 0) is 24.1 Å². The van der Waals surface area contributed by atoms with Gasteiger partial charge in [-0.1, -0.05) is 12.1 Å². The Hall–Kier alpha value is -2.96. The van der Waals surface area contributed by atoms with Crippen LogP contribution in [0.1, 0.15) is 33.6 Å². The molecule has 3 rings (SSSR count). The molecule has 1 heterocycles. The zero-order valence-corrected chi connectivity index (χ0v) is 14.3. The number of amides is 1. The number of halogens is 1. The number of carboxylic acid groups (broad SMARTS) is 1. The zero-order chi connectivity index (χ0) is 18.7. The fourth-order valence-corrected chi connectivity index (χ4v) is 3.06. The van der Waals surface area contributed by atoms with Gasteiger partial charge < -0.3 is 15.2 Å². The molecule has 1 aliphatic rings. The lowest BCUT2D eigenvalue weighted by Crippen LogP contribution is -2.42. The van der Waals surface area contributed by atoms with Crippen molar-refractivity contribution in [2.75, 3.05) is 7.11 Å². The van der Waals surface area contributed by atoms with Gasteiger partial charge in [-0.2, -0.15) is 0 Å². The maximum Gasteiger partial charge on any atom is 0.326 e. The van der Waals surface area contributed by atoms with Crippen LogP contribution in [0, 0.1) is 5.82 Å². The monoisotopic (exact) mass is 358 g/mol. The summed E-state index contributed by atoms with van der Waals surface area (Å²) in [5, 5.41) is 11.9. The molecule has 2 N–H and O–H groups in total. The highest BCUT2D eigenvalue weighted by Crippen LogP contribution is 2.26. The molecule has 1 amide bonds. The summed E-state index contributed by atoms with van der Waals surface area (Å²) in [5.41, 5.74) is 2.73. The number of carbonyl (C=O) groups is 2. The van der Waals surface area contributed by atoms with Crippen molar-refractivity contribution in [3.63, 3.8) is 0 Å². The number of ether oxygens (including phenoxy) is 1. The minimum absolute atomic E-state index is 0.0437. The molecule has 1 aliphatic carbocycles. The Morgan fingerprint density at radius 3 is 2.69 bits per heavy atom. The van der Waals surface area contributed by atoms with Crippen LogP contribution in [0.3, 0.4) is 0 Å². The number of aliphatic carboxylic acids is 1. The van der Waals surface area contributed by atoms with Crippen molar-refractivity contribution in [3.05, 3.63) is 58.5 Å². The Labute approximate surface area is 150 Å². The normalized spacial score (nSPS) is 13.8. The molecule has 0 aliphatic heterocycles. The first-order chi connectivity index (χ1) is 12.5. The maximum absolute atomic E-state index is 13.0. The van der Waals surface area contributed by atoms with Crippen LogP contribution in [0.5, 0.6) is 5.88 Å². The average Bonchev–Trinajstić information content (AvgIpc) is 3.09. The van der Waals surface area contributed by atoms with Gasteiger partial charge in [0.2, 0.25) is 5.88 Å². The van der Waals surface area contributed by atoms with Gasteiger partial charge in [0, 0.05) is 12.1 Å². The van der Waals surface area contributed by atoms with Gasteiger partial charge in [-0.3, -0.25) is 4.79 Å². The quantitative estimate of drug-likeness (QED) is 0.826. The third-order valence-electron chi connectivity index (χ3n) is 4.41. The third kappa shape index (κ3) is 3.82. The van der Waals surface area contributed by atoms with E-state index in [0.717, 1.165) is 30.5 Å². The predicted molar refractivity (Wildman–Crippen MR) is 91.8 cm³/mol. The van der Waals surface area contributed by atoms with Crippen molar-refractivity contribution in [2.24, 2.45) is 0 Å². The zero-order valence-electron chi connectivity index (χ0n) is 14.3. The molecule has 136 valence electrons. The summed E-state index contributed by atoms with van der Waals surface area (Å²) in [6.07, 6.45) is 2.70. The summed E-state index contributed by atoms with van der Waals surface area (Å²) in [4.78, 5) is 28.5. The van der Waals surface area contributed by atoms with E-state index in [9.17, 15) is 19.1 Å². The van der Waals surface area contributed by atoms with Gasteiger partial charge in [-0.15, -0.1) is 0 Å². The Kier molecular flexibility index (Phi) is 5.16. The van der Waals surface area contributed by atoms with Crippen LogP contribution in [-0.4, -0.2) is 35.1 Å². The molecule has 0 spiro atoms. The fraction of sp³-hybridized carbons (Fsp3) is 0.316. The number of aryl methyl sites for hydroxylation is 2. The van der Waals surface area contributed by atoms with E-state index in [1.807, 2.05) is 0 Å². The molecule has 1 atom stereocenters. The number of nitrogens with one attached hydrogen (secondary N) is 1. The van der Waals surface area contributed by atoms with Crippen LogP contribution in [0.15, 0.2) is 30.3 Å². The highest BCUT2D eigenvalue weighted by molar-refractivity contribution is 5.98. The van der Waals surface area contributed by atoms with Gasteiger partial charge >= 0.3 is 5.97 Å². The summed E-state index contributed by atoms with van der Waals surface area (Å²) in [6.45, 7) is 0. The smallest absolute Gasteiger partial charge is 0.326 e. The molecule has 0 fully saturated rings. The number of nitrogens with zero attached hydrogens (tertiary/aromatic N) is 1. The SMILES string of the molecule is COc1nc2c(cc1C(=O)N[C@H](Cc1ccc(F)cc1)C(=O)O)CCC2. The summed E-state index contributed by atoms with van der Waals surface area (Å²) >= 11 is 0. The molecule has 0 bridgehead atoms. The van der Waals surface area contributed by atoms with Gasteiger partial charge in [0.1, 0.15) is 17.4 Å². The second kappa shape index (κ2) is 7.51. The van der Waals surface area contributed by atoms with Gasteiger partial charge in [0.15, 0.2) is 0 Å². The van der Waals surface area contributed by atoms with Crippen molar-refractivity contribution in [2.45, 2.75) is 31.7 Å². The number of benzene rings is 1. The Bertz CT molecular complexity index is 836. The van der Waals surface area contributed by atoms with Gasteiger partial charge in [0.05, 0.1) is 7.11 Å². The summed E-state index contributed by atoms with van der Waals surface area (Å²) in [5.74, 6) is -1.94. The molecule has 1 aromatic carbocycles. The van der Waals surface area contributed by atoms with E-state index in [1.165, 1.54) is 31.4 Å². The van der Waals surface area contributed by atoms with Gasteiger partial charge in [-0.25, -0.2) is 14.2 Å². The number of fused-ring (bicyclic) bond motifs is 1. The van der Waals surface area contributed by atoms with Crippen molar-refractivity contribution in [3.8, 4) is 5.88 Å². The average molecular weight is 358 g/mol. The number of hydrogen-bond acceptors (Lipinski definition) is 4. The lowest BCUT2D eigenvalue weighted by Gasteiger charge is -2.16. The topological polar surface area (TPSA) is 88.5 Å². The Morgan fingerprint density at radius 1 is 1.31 bits per heavy atom. The van der Waals surface area contributed by atoms with Crippen LogP contribution in [0.2, 0.25) is 0 Å². The van der Waals surface area contributed by atoms with E-state index in [-0.39, 0.29) is 17.9 Å². The van der Waals surface area contributed by atoms with Gasteiger partial charge in [0.25, 0.3) is 5.91 Å². The second-order valence-electron chi connectivity index (χ2n) is 6.20. The van der Waals surface area contributed by atoms with Crippen LogP contribution < -0.4 is 10.1 Å². The summed E-state index contributed by atoms with van der Waals surface area (Å²) in [6, 6.07) is 6.07. The van der Waals surface area contributed by atoms with Crippen molar-refractivity contribution in [1.29, 1.82) is 0 Å². The number of carboxylic acids is 1. The number of pyridine rings is 1. The lowest BCUT2D eigenvalue weighted by atomic mass is 10.0. The largest absolute Gasteiger partial charge is 0.480 e. The van der Waals surface area contributed by atoms with E-state index in [2.05, 4.69) is 10.3 Å². The molecule has 7 heteroatoms. The number of carbonyl (C=O) groups excluding carboxylic acids is 1. The molecule has 0 saturated heterocycles. The second-order valence-corrected chi connectivity index (χ2v) is 6.20. The number of aromatic nitrogens is 1. The molecule has 6 nitrogen and oxygen atoms in total. The standard InChI is InChI=1S/C19H19FN2O4/c1-26-18-14(10-12-3-2-4-15(12)22-18)17(23)21-16(19(24)25)9-11-5-7-13(20)8-6-11/h5-8,10,16H,2-4,9H2,1H3,(H,21,23)(H,24,25)/t16-/m1/s1. The third-order valence-corrected chi connectivity index (χ3v) is 4.41. The molecule has 0 unspecified atom stereocenters. The Balaban J connectivity index is 1.80. The van der Waals surface area contributed by atoms with Crippen LogP contribution >= 0.6 is 0 Å². The first kappa shape index (κ1) is 17.8. The minimum atomic E-state index is -1.17. The molecule has 1 aromatic heterocycles. The minimum Gasteiger partial charge on any atom is -0.480 e. The fourth-order valence-electron chi connectivity index (χ4n) is 3.06. The molecule has 0 radical (unpaired) electrons. The van der Waals surface area contributed by atoms with Gasteiger partial charge in [-0.05, 0) is 48.6 Å². The summed E-state index contributed by atoms with van der Waals surface area (Å²) < 4.78 is 18.2. The number of rotatable bonds is 6. The number of methoxy groups -OCH3 is 1. The highest BCUT2D eigenvalue weighted by Gasteiger charge is 2.25. The van der Waals surface area contributed by atoms with Crippen LogP contribution in [0.4, 0.5) is 4.39 Å². The lowest BCUT2D eigenvalue weighted by molar-refractivity contribution is -0.139. The van der Waals surface area contributed by atoms with E-state index in [0.29, 0.717) is 5.56 Å². The van der Waals surface area contributed by atoms with E-state index >= 15 is 0 Å². The summed E-state index contributed by atoms with van der Waals surface area (Å²) in [7, 11) is 1.42. The van der Waals surface area contributed by atoms with Crippen molar-refractivity contribution < 1.29 is 23.8 Å². The first-order valence-electron chi connectivity index (χ1n) is 8.33. The molecular weight excluding hydrogens is 339 g/mol. The molecule has 0 saturated carbocycles. The highest BCUT2D eigenvalue weighted by atomic mass is 19.1. The maximum atomic E-state index is 13.0. The van der Waals surface area contributed by atoms with E-state index < -0.39 is 23.7 Å². The van der Waals surface area contributed by atoms with Crippen molar-refractivity contribution >= 4 is 11.9 Å². The number of hydrogen-bond donors (Lipinski definition) is 2. The predicted octanol–water partition coefficient (Wildman–Crippen LogP) is 2.14. The van der Waals surface area contributed by atoms with Crippen LogP contribution in [0.25, 0.3) is 0 Å². The van der Waals surface area contributed by atoms with E-state index in [4.69, 9.17) is 4.74 Å². The molecular formula is C19H19FN2O4. The van der Waals surface area contributed by atoms with E-state index in [1.54, 1.807) is 6.07 Å². The molecule has 26 heavy (non-hydrogen) atoms. The first-order valence-corrected chi connectivity index (χ1v) is 8.33. The molecule has 2 aromatic rings. The van der Waals surface area contributed by atoms with Crippen molar-refractivity contribution in [1.82, 2.24) is 10.3 Å².